The number of rotatable bonds is 3. The van der Waals surface area contributed by atoms with Crippen molar-refractivity contribution in [1.29, 1.82) is 0 Å². The smallest absolute Gasteiger partial charge is 0.260 e. The highest BCUT2D eigenvalue weighted by Gasteiger charge is 2.24. The molecule has 1 aliphatic rings. The van der Waals surface area contributed by atoms with Gasteiger partial charge in [0.15, 0.2) is 0 Å². The molecule has 2 N–H and O–H groups in total. The van der Waals surface area contributed by atoms with Crippen molar-refractivity contribution in [3.63, 3.8) is 0 Å². The molecule has 2 aromatic heterocycles. The van der Waals surface area contributed by atoms with Gasteiger partial charge in [0.05, 0.1) is 10.9 Å². The van der Waals surface area contributed by atoms with Gasteiger partial charge in [0.1, 0.15) is 5.82 Å². The highest BCUT2D eigenvalue weighted by Crippen LogP contribution is 2.26. The fraction of sp³-hybridized carbons (Fsp3) is 0.148. The molecule has 0 spiro atoms. The Morgan fingerprint density at radius 2 is 1.71 bits per heavy atom. The number of aromatic amines is 2. The molecule has 6 rings (SSSR count). The van der Waals surface area contributed by atoms with Gasteiger partial charge in [-0.05, 0) is 48.5 Å². The summed E-state index contributed by atoms with van der Waals surface area (Å²) in [5.74, 6) is 0.193. The maximum Gasteiger partial charge on any atom is 0.260 e. The van der Waals surface area contributed by atoms with Crippen LogP contribution in [0.25, 0.3) is 33.1 Å². The summed E-state index contributed by atoms with van der Waals surface area (Å²) in [7, 11) is 0. The van der Waals surface area contributed by atoms with Crippen molar-refractivity contribution >= 4 is 33.7 Å². The monoisotopic (exact) mass is 467 g/mol. The molecule has 8 heteroatoms. The highest BCUT2D eigenvalue weighted by molar-refractivity contribution is 5.99. The molecule has 0 atom stereocenters. The Hall–Kier alpha value is -4.46. The van der Waals surface area contributed by atoms with Gasteiger partial charge in [0, 0.05) is 53.9 Å². The number of para-hydroxylation sites is 1. The molecule has 0 radical (unpaired) electrons. The number of amides is 1. The van der Waals surface area contributed by atoms with E-state index in [2.05, 4.69) is 15.0 Å². The zero-order valence-corrected chi connectivity index (χ0v) is 18.8. The van der Waals surface area contributed by atoms with E-state index >= 15 is 0 Å². The first-order valence-corrected chi connectivity index (χ1v) is 11.5. The number of carbonyl (C=O) groups is 1. The van der Waals surface area contributed by atoms with Gasteiger partial charge < -0.3 is 14.8 Å². The summed E-state index contributed by atoms with van der Waals surface area (Å²) in [6.45, 7) is 2.19. The van der Waals surface area contributed by atoms with Gasteiger partial charge in [-0.1, -0.05) is 24.3 Å². The van der Waals surface area contributed by atoms with Crippen LogP contribution in [0.3, 0.4) is 0 Å². The van der Waals surface area contributed by atoms with E-state index in [0.29, 0.717) is 48.6 Å². The van der Waals surface area contributed by atoms with E-state index in [4.69, 9.17) is 0 Å². The fourth-order valence-electron chi connectivity index (χ4n) is 4.60. The average molecular weight is 468 g/mol. The standard InChI is InChI=1S/C27H22FN5O2/c28-20-5-3-4-17(15-20)24-16-19-14-18(8-9-22(19)29-24)26(35)32-10-12-33(13-11-32)27-30-23-7-2-1-6-21(23)25(34)31-27/h1-9,14-16,29H,10-13H2,(H,30,31,34). The second kappa shape index (κ2) is 8.39. The lowest BCUT2D eigenvalue weighted by Crippen LogP contribution is -2.49. The van der Waals surface area contributed by atoms with Crippen LogP contribution in [0, 0.1) is 5.82 Å². The minimum absolute atomic E-state index is 0.0416. The van der Waals surface area contributed by atoms with Crippen molar-refractivity contribution in [2.24, 2.45) is 0 Å². The van der Waals surface area contributed by atoms with E-state index in [1.165, 1.54) is 12.1 Å². The third-order valence-corrected chi connectivity index (χ3v) is 6.47. The maximum atomic E-state index is 13.6. The van der Waals surface area contributed by atoms with Crippen molar-refractivity contribution in [2.75, 3.05) is 31.1 Å². The first-order chi connectivity index (χ1) is 17.0. The minimum atomic E-state index is -0.292. The average Bonchev–Trinajstić information content (AvgIpc) is 3.32. The Balaban J connectivity index is 1.19. The molecule has 1 saturated heterocycles. The van der Waals surface area contributed by atoms with E-state index in [1.807, 2.05) is 58.3 Å². The third-order valence-electron chi connectivity index (χ3n) is 6.47. The molecule has 1 amide bonds. The number of hydrogen-bond acceptors (Lipinski definition) is 4. The number of H-pyrrole nitrogens is 2. The molecule has 1 aliphatic heterocycles. The van der Waals surface area contributed by atoms with Gasteiger partial charge >= 0.3 is 0 Å². The molecule has 174 valence electrons. The van der Waals surface area contributed by atoms with Crippen LogP contribution in [0.15, 0.2) is 77.6 Å². The van der Waals surface area contributed by atoms with Gasteiger partial charge in [0.25, 0.3) is 11.5 Å². The van der Waals surface area contributed by atoms with Gasteiger partial charge in [-0.15, -0.1) is 0 Å². The van der Waals surface area contributed by atoms with Crippen LogP contribution in [0.1, 0.15) is 10.4 Å². The number of aromatic nitrogens is 3. The Kier molecular flexibility index (Phi) is 5.06. The largest absolute Gasteiger partial charge is 0.355 e. The summed E-state index contributed by atoms with van der Waals surface area (Å²) in [6, 6.07) is 21.2. The number of fused-ring (bicyclic) bond motifs is 2. The molecule has 7 nitrogen and oxygen atoms in total. The van der Waals surface area contributed by atoms with Crippen LogP contribution in [-0.2, 0) is 0 Å². The molecule has 0 bridgehead atoms. The van der Waals surface area contributed by atoms with Crippen LogP contribution in [-0.4, -0.2) is 51.9 Å². The van der Waals surface area contributed by atoms with Gasteiger partial charge in [-0.25, -0.2) is 9.37 Å². The normalized spacial score (nSPS) is 14.1. The molecule has 3 heterocycles. The molecule has 1 fully saturated rings. The fourth-order valence-corrected chi connectivity index (χ4v) is 4.60. The zero-order valence-electron chi connectivity index (χ0n) is 18.8. The summed E-state index contributed by atoms with van der Waals surface area (Å²) in [4.78, 5) is 40.2. The first kappa shape index (κ1) is 21.1. The second-order valence-electron chi connectivity index (χ2n) is 8.68. The third kappa shape index (κ3) is 3.93. The van der Waals surface area contributed by atoms with Crippen LogP contribution in [0.4, 0.5) is 10.3 Å². The predicted octanol–water partition coefficient (Wildman–Crippen LogP) is 4.17. The Morgan fingerprint density at radius 3 is 2.54 bits per heavy atom. The Morgan fingerprint density at radius 1 is 0.886 bits per heavy atom. The quantitative estimate of drug-likeness (QED) is 0.417. The molecule has 0 saturated carbocycles. The van der Waals surface area contributed by atoms with Crippen molar-refractivity contribution in [2.45, 2.75) is 0 Å². The van der Waals surface area contributed by atoms with Crippen molar-refractivity contribution in [3.05, 3.63) is 94.5 Å². The molecule has 0 aliphatic carbocycles. The molecule has 5 aromatic rings. The van der Waals surface area contributed by atoms with Gasteiger partial charge in [0.2, 0.25) is 5.95 Å². The van der Waals surface area contributed by atoms with Crippen molar-refractivity contribution in [3.8, 4) is 11.3 Å². The van der Waals surface area contributed by atoms with E-state index in [-0.39, 0.29) is 17.3 Å². The molecule has 3 aromatic carbocycles. The number of benzene rings is 3. The zero-order chi connectivity index (χ0) is 23.9. The summed E-state index contributed by atoms with van der Waals surface area (Å²) in [5.41, 5.74) is 3.54. The topological polar surface area (TPSA) is 85.1 Å². The molecule has 0 unspecified atom stereocenters. The number of anilines is 1. The number of nitrogens with one attached hydrogen (secondary N) is 2. The van der Waals surface area contributed by atoms with E-state index in [1.54, 1.807) is 12.1 Å². The number of carbonyl (C=O) groups excluding carboxylic acids is 1. The van der Waals surface area contributed by atoms with Crippen molar-refractivity contribution in [1.82, 2.24) is 19.9 Å². The molecular weight excluding hydrogens is 445 g/mol. The first-order valence-electron chi connectivity index (χ1n) is 11.5. The van der Waals surface area contributed by atoms with Gasteiger partial charge in [-0.2, -0.15) is 0 Å². The second-order valence-corrected chi connectivity index (χ2v) is 8.68. The maximum absolute atomic E-state index is 13.6. The van der Waals surface area contributed by atoms with E-state index < -0.39 is 0 Å². The van der Waals surface area contributed by atoms with E-state index in [0.717, 1.165) is 22.2 Å². The predicted molar refractivity (Wildman–Crippen MR) is 134 cm³/mol. The molecular formula is C27H22FN5O2. The van der Waals surface area contributed by atoms with Crippen LogP contribution < -0.4 is 10.5 Å². The summed E-state index contributed by atoms with van der Waals surface area (Å²) >= 11 is 0. The minimum Gasteiger partial charge on any atom is -0.355 e. The van der Waals surface area contributed by atoms with Crippen LogP contribution >= 0.6 is 0 Å². The summed E-state index contributed by atoms with van der Waals surface area (Å²) < 4.78 is 13.6. The van der Waals surface area contributed by atoms with Crippen LogP contribution in [0.5, 0.6) is 0 Å². The van der Waals surface area contributed by atoms with E-state index in [9.17, 15) is 14.0 Å². The lowest BCUT2D eigenvalue weighted by molar-refractivity contribution is 0.0746. The number of hydrogen-bond donors (Lipinski definition) is 2. The summed E-state index contributed by atoms with van der Waals surface area (Å²) in [5, 5.41) is 1.46. The van der Waals surface area contributed by atoms with Crippen molar-refractivity contribution < 1.29 is 9.18 Å². The SMILES string of the molecule is O=C(c1ccc2[nH]c(-c3cccc(F)c3)cc2c1)N1CCN(c2nc3ccccc3c(=O)[nH]2)CC1. The highest BCUT2D eigenvalue weighted by atomic mass is 19.1. The van der Waals surface area contributed by atoms with Crippen LogP contribution in [0.2, 0.25) is 0 Å². The number of halogens is 1. The lowest BCUT2D eigenvalue weighted by atomic mass is 10.1. The molecule has 35 heavy (non-hydrogen) atoms. The Labute approximate surface area is 199 Å². The van der Waals surface area contributed by atoms with Gasteiger partial charge in [-0.3, -0.25) is 14.6 Å². The Bertz CT molecular complexity index is 1630. The number of piperazine rings is 1. The lowest BCUT2D eigenvalue weighted by Gasteiger charge is -2.35. The summed E-state index contributed by atoms with van der Waals surface area (Å²) in [6.07, 6.45) is 0. The number of nitrogens with zero attached hydrogens (tertiary/aromatic N) is 3.